The zero-order chi connectivity index (χ0) is 19.4. The van der Waals surface area contributed by atoms with Crippen molar-refractivity contribution in [2.24, 2.45) is 0 Å². The Balaban J connectivity index is 1.57. The molecule has 2 aliphatic heterocycles. The first-order chi connectivity index (χ1) is 13.7. The minimum absolute atomic E-state index is 0.0680. The van der Waals surface area contributed by atoms with Gasteiger partial charge < -0.3 is 19.7 Å². The molecule has 2 heterocycles. The summed E-state index contributed by atoms with van der Waals surface area (Å²) in [7, 11) is 0. The van der Waals surface area contributed by atoms with Crippen LogP contribution in [-0.2, 0) is 19.7 Å². The topological polar surface area (TPSA) is 50.8 Å². The fourth-order valence-electron chi connectivity index (χ4n) is 3.99. The molecule has 0 spiro atoms. The van der Waals surface area contributed by atoms with Gasteiger partial charge in [0.15, 0.2) is 0 Å². The highest BCUT2D eigenvalue weighted by molar-refractivity contribution is 5.99. The molecule has 6 heteroatoms. The number of hydrogen-bond donors (Lipinski definition) is 1. The number of ether oxygens (including phenoxy) is 2. The van der Waals surface area contributed by atoms with Gasteiger partial charge in [-0.2, -0.15) is 0 Å². The number of rotatable bonds is 4. The maximum absolute atomic E-state index is 13.4. The molecule has 1 N–H and O–H groups in total. The maximum atomic E-state index is 13.4. The van der Waals surface area contributed by atoms with E-state index in [0.29, 0.717) is 39.3 Å². The summed E-state index contributed by atoms with van der Waals surface area (Å²) in [5, 5.41) is 3.10. The number of carbonyl (C=O) groups is 1. The van der Waals surface area contributed by atoms with Gasteiger partial charge in [-0.3, -0.25) is 4.79 Å². The first-order valence-corrected chi connectivity index (χ1v) is 9.75. The van der Waals surface area contributed by atoms with E-state index in [0.717, 1.165) is 30.0 Å². The van der Waals surface area contributed by atoms with E-state index in [9.17, 15) is 9.18 Å². The molecule has 2 aromatic carbocycles. The number of benzene rings is 2. The Hall–Kier alpha value is -2.44. The van der Waals surface area contributed by atoms with Gasteiger partial charge in [-0.1, -0.05) is 18.2 Å². The van der Waals surface area contributed by atoms with E-state index in [1.807, 2.05) is 24.3 Å². The Morgan fingerprint density at radius 2 is 1.64 bits per heavy atom. The number of morpholine rings is 1. The quantitative estimate of drug-likeness (QED) is 0.878. The minimum atomic E-state index is -0.707. The number of halogens is 1. The van der Waals surface area contributed by atoms with Crippen molar-refractivity contribution in [2.75, 3.05) is 49.7 Å². The summed E-state index contributed by atoms with van der Waals surface area (Å²) in [5.74, 6) is -0.369. The molecule has 2 aromatic rings. The Kier molecular flexibility index (Phi) is 5.59. The summed E-state index contributed by atoms with van der Waals surface area (Å²) in [6.07, 6.45) is 1.15. The third-order valence-corrected chi connectivity index (χ3v) is 5.66. The molecule has 4 rings (SSSR count). The van der Waals surface area contributed by atoms with Gasteiger partial charge in [0.05, 0.1) is 18.6 Å². The van der Waals surface area contributed by atoms with E-state index in [-0.39, 0.29) is 11.7 Å². The summed E-state index contributed by atoms with van der Waals surface area (Å²) in [5.41, 5.74) is 1.96. The van der Waals surface area contributed by atoms with E-state index >= 15 is 0 Å². The Morgan fingerprint density at radius 1 is 0.964 bits per heavy atom. The molecular weight excluding hydrogens is 359 g/mol. The molecule has 0 aliphatic carbocycles. The van der Waals surface area contributed by atoms with Gasteiger partial charge in [-0.15, -0.1) is 0 Å². The Bertz CT molecular complexity index is 813. The number of hydrogen-bond acceptors (Lipinski definition) is 4. The van der Waals surface area contributed by atoms with E-state index in [1.165, 1.54) is 12.1 Å². The average Bonchev–Trinajstić information content (AvgIpc) is 2.75. The van der Waals surface area contributed by atoms with Crippen LogP contribution in [-0.4, -0.2) is 45.4 Å². The molecule has 2 aliphatic rings. The van der Waals surface area contributed by atoms with Gasteiger partial charge >= 0.3 is 0 Å². The van der Waals surface area contributed by atoms with Gasteiger partial charge in [0, 0.05) is 37.7 Å². The van der Waals surface area contributed by atoms with Crippen LogP contribution in [0.5, 0.6) is 0 Å². The van der Waals surface area contributed by atoms with Crippen LogP contribution in [0.1, 0.15) is 18.4 Å². The van der Waals surface area contributed by atoms with Crippen LogP contribution < -0.4 is 10.2 Å². The molecule has 1 amide bonds. The van der Waals surface area contributed by atoms with Crippen molar-refractivity contribution in [3.05, 3.63) is 59.9 Å². The van der Waals surface area contributed by atoms with Crippen LogP contribution in [0.15, 0.2) is 48.5 Å². The van der Waals surface area contributed by atoms with Gasteiger partial charge in [-0.05, 0) is 48.7 Å². The lowest BCUT2D eigenvalue weighted by molar-refractivity contribution is -0.125. The second-order valence-electron chi connectivity index (χ2n) is 7.31. The van der Waals surface area contributed by atoms with Crippen LogP contribution in [0, 0.1) is 5.82 Å². The van der Waals surface area contributed by atoms with Crippen molar-refractivity contribution in [3.63, 3.8) is 0 Å². The molecule has 0 radical (unpaired) electrons. The highest BCUT2D eigenvalue weighted by Crippen LogP contribution is 2.36. The SMILES string of the molecule is O=C(Nc1cccc(N2CCOCC2)c1)C1(c2ccc(F)cc2)CCOCC1. The molecule has 0 bridgehead atoms. The molecular formula is C22H25FN2O3. The van der Waals surface area contributed by atoms with E-state index in [1.54, 1.807) is 12.1 Å². The standard InChI is InChI=1S/C22H25FN2O3/c23-18-6-4-17(5-7-18)22(8-12-27-13-9-22)21(26)24-19-2-1-3-20(16-19)25-10-14-28-15-11-25/h1-7,16H,8-15H2,(H,24,26). The first-order valence-electron chi connectivity index (χ1n) is 9.75. The Morgan fingerprint density at radius 3 is 2.36 bits per heavy atom. The van der Waals surface area contributed by atoms with Gasteiger partial charge in [0.2, 0.25) is 5.91 Å². The molecule has 0 atom stereocenters. The predicted octanol–water partition coefficient (Wildman–Crippen LogP) is 3.35. The molecule has 28 heavy (non-hydrogen) atoms. The molecule has 0 unspecified atom stereocenters. The fourth-order valence-corrected chi connectivity index (χ4v) is 3.99. The second kappa shape index (κ2) is 8.29. The lowest BCUT2D eigenvalue weighted by atomic mass is 9.73. The monoisotopic (exact) mass is 384 g/mol. The number of amides is 1. The smallest absolute Gasteiger partial charge is 0.235 e. The predicted molar refractivity (Wildman–Crippen MR) is 106 cm³/mol. The van der Waals surface area contributed by atoms with Crippen molar-refractivity contribution >= 4 is 17.3 Å². The first kappa shape index (κ1) is 18.9. The van der Waals surface area contributed by atoms with Gasteiger partial charge in [-0.25, -0.2) is 4.39 Å². The van der Waals surface area contributed by atoms with Gasteiger partial charge in [0.25, 0.3) is 0 Å². The number of nitrogens with zero attached hydrogens (tertiary/aromatic N) is 1. The third-order valence-electron chi connectivity index (χ3n) is 5.66. The van der Waals surface area contributed by atoms with Crippen LogP contribution in [0.4, 0.5) is 15.8 Å². The number of carbonyl (C=O) groups excluding carboxylic acids is 1. The van der Waals surface area contributed by atoms with Crippen LogP contribution >= 0.6 is 0 Å². The van der Waals surface area contributed by atoms with Crippen LogP contribution in [0.2, 0.25) is 0 Å². The molecule has 5 nitrogen and oxygen atoms in total. The van der Waals surface area contributed by atoms with Crippen molar-refractivity contribution in [3.8, 4) is 0 Å². The largest absolute Gasteiger partial charge is 0.381 e. The third kappa shape index (κ3) is 3.88. The molecule has 2 fully saturated rings. The molecule has 2 saturated heterocycles. The Labute approximate surface area is 164 Å². The van der Waals surface area contributed by atoms with Crippen molar-refractivity contribution in [1.29, 1.82) is 0 Å². The molecule has 0 saturated carbocycles. The van der Waals surface area contributed by atoms with E-state index in [2.05, 4.69) is 10.2 Å². The molecule has 148 valence electrons. The summed E-state index contributed by atoms with van der Waals surface area (Å²) < 4.78 is 24.3. The summed E-state index contributed by atoms with van der Waals surface area (Å²) in [6.45, 7) is 4.13. The van der Waals surface area contributed by atoms with Crippen LogP contribution in [0.25, 0.3) is 0 Å². The molecule has 0 aromatic heterocycles. The van der Waals surface area contributed by atoms with Crippen molar-refractivity contribution in [1.82, 2.24) is 0 Å². The highest BCUT2D eigenvalue weighted by atomic mass is 19.1. The fraction of sp³-hybridized carbons (Fsp3) is 0.409. The number of nitrogens with one attached hydrogen (secondary N) is 1. The average molecular weight is 384 g/mol. The van der Waals surface area contributed by atoms with E-state index in [4.69, 9.17) is 9.47 Å². The summed E-state index contributed by atoms with van der Waals surface area (Å²) >= 11 is 0. The maximum Gasteiger partial charge on any atom is 0.235 e. The lowest BCUT2D eigenvalue weighted by Crippen LogP contribution is -2.44. The second-order valence-corrected chi connectivity index (χ2v) is 7.31. The summed E-state index contributed by atoms with van der Waals surface area (Å²) in [4.78, 5) is 15.6. The minimum Gasteiger partial charge on any atom is -0.381 e. The zero-order valence-corrected chi connectivity index (χ0v) is 15.8. The zero-order valence-electron chi connectivity index (χ0n) is 15.8. The van der Waals surface area contributed by atoms with Crippen molar-refractivity contribution < 1.29 is 18.7 Å². The summed E-state index contributed by atoms with van der Waals surface area (Å²) in [6, 6.07) is 14.2. The van der Waals surface area contributed by atoms with Gasteiger partial charge in [0.1, 0.15) is 5.82 Å². The normalized spacial score (nSPS) is 19.2. The van der Waals surface area contributed by atoms with E-state index < -0.39 is 5.41 Å². The lowest BCUT2D eigenvalue weighted by Gasteiger charge is -2.36. The highest BCUT2D eigenvalue weighted by Gasteiger charge is 2.41. The van der Waals surface area contributed by atoms with Crippen molar-refractivity contribution in [2.45, 2.75) is 18.3 Å². The number of anilines is 2. The van der Waals surface area contributed by atoms with Crippen LogP contribution in [0.3, 0.4) is 0 Å².